The third kappa shape index (κ3) is 4.05. The zero-order chi connectivity index (χ0) is 7.11. The molecule has 0 spiro atoms. The third-order valence-corrected chi connectivity index (χ3v) is 1.27. The first-order valence-electron chi connectivity index (χ1n) is 3.27. The molecule has 0 aromatic heterocycles. The van der Waals surface area contributed by atoms with E-state index in [9.17, 15) is 0 Å². The van der Waals surface area contributed by atoms with Crippen LogP contribution >= 0.6 is 0 Å². The van der Waals surface area contributed by atoms with Crippen molar-refractivity contribution < 1.29 is 4.74 Å². The van der Waals surface area contributed by atoms with E-state index in [4.69, 9.17) is 11.2 Å². The van der Waals surface area contributed by atoms with Crippen molar-refractivity contribution in [3.05, 3.63) is 6.42 Å². The minimum atomic E-state index is 0.215. The molecule has 0 bridgehead atoms. The fraction of sp³-hybridized carbons (Fsp3) is 0.750. The molecule has 0 fully saturated rings. The van der Waals surface area contributed by atoms with Crippen LogP contribution in [0.4, 0.5) is 0 Å². The molecule has 1 nitrogen and oxygen atoms in total. The molecule has 0 aliphatic carbocycles. The Morgan fingerprint density at radius 2 is 2.33 bits per heavy atom. The molecule has 1 radical (unpaired) electrons. The van der Waals surface area contributed by atoms with Crippen molar-refractivity contribution in [2.24, 2.45) is 0 Å². The van der Waals surface area contributed by atoms with Gasteiger partial charge in [0.05, 0.1) is 6.10 Å². The Labute approximate surface area is 57.4 Å². The topological polar surface area (TPSA) is 9.23 Å². The van der Waals surface area contributed by atoms with E-state index in [0.29, 0.717) is 6.42 Å². The highest BCUT2D eigenvalue weighted by molar-refractivity contribution is 4.80. The molecule has 1 heteroatoms. The van der Waals surface area contributed by atoms with Crippen LogP contribution in [0, 0.1) is 12.3 Å². The lowest BCUT2D eigenvalue weighted by molar-refractivity contribution is 0.0988. The van der Waals surface area contributed by atoms with Crippen molar-refractivity contribution in [3.63, 3.8) is 0 Å². The molecule has 0 amide bonds. The summed E-state index contributed by atoms with van der Waals surface area (Å²) in [6, 6.07) is 0. The Morgan fingerprint density at radius 3 is 2.67 bits per heavy atom. The Bertz CT molecular complexity index is 91.2. The van der Waals surface area contributed by atoms with Gasteiger partial charge in [0.25, 0.3) is 0 Å². The monoisotopic (exact) mass is 125 g/mol. The number of ether oxygens (including phenoxy) is 1. The van der Waals surface area contributed by atoms with E-state index in [0.717, 1.165) is 12.8 Å². The van der Waals surface area contributed by atoms with Gasteiger partial charge in [0.2, 0.25) is 0 Å². The summed E-state index contributed by atoms with van der Waals surface area (Å²) in [5, 5.41) is 0. The minimum absolute atomic E-state index is 0.215. The Morgan fingerprint density at radius 1 is 1.67 bits per heavy atom. The summed E-state index contributed by atoms with van der Waals surface area (Å²) in [7, 11) is 1.68. The maximum Gasteiger partial charge on any atom is 0.0680 e. The van der Waals surface area contributed by atoms with Crippen molar-refractivity contribution >= 4 is 0 Å². The maximum atomic E-state index is 6.68. The minimum Gasteiger partial charge on any atom is -0.380 e. The zero-order valence-corrected chi connectivity index (χ0v) is 6.11. The van der Waals surface area contributed by atoms with Gasteiger partial charge in [-0.1, -0.05) is 19.3 Å². The van der Waals surface area contributed by atoms with Crippen LogP contribution in [0.15, 0.2) is 0 Å². The molecule has 9 heavy (non-hydrogen) atoms. The Hall–Kier alpha value is -0.480. The van der Waals surface area contributed by atoms with Crippen LogP contribution in [-0.4, -0.2) is 13.2 Å². The number of methoxy groups -OCH3 is 1. The van der Waals surface area contributed by atoms with E-state index < -0.39 is 0 Å². The van der Waals surface area contributed by atoms with Crippen molar-refractivity contribution in [2.75, 3.05) is 7.11 Å². The second kappa shape index (κ2) is 5.65. The van der Waals surface area contributed by atoms with Gasteiger partial charge >= 0.3 is 0 Å². The van der Waals surface area contributed by atoms with Gasteiger partial charge in [0, 0.05) is 13.5 Å². The fourth-order valence-corrected chi connectivity index (χ4v) is 0.739. The predicted molar refractivity (Wildman–Crippen MR) is 37.5 cm³/mol. The van der Waals surface area contributed by atoms with Gasteiger partial charge in [-0.15, -0.1) is 0 Å². The summed E-state index contributed by atoms with van der Waals surface area (Å²) in [6.45, 7) is 2.11. The lowest BCUT2D eigenvalue weighted by Gasteiger charge is -2.08. The van der Waals surface area contributed by atoms with Gasteiger partial charge in [-0.05, 0) is 12.8 Å². The van der Waals surface area contributed by atoms with Crippen molar-refractivity contribution in [3.8, 4) is 5.92 Å². The van der Waals surface area contributed by atoms with Crippen LogP contribution in [0.1, 0.15) is 26.2 Å². The first kappa shape index (κ1) is 8.52. The van der Waals surface area contributed by atoms with Crippen LogP contribution in [-0.2, 0) is 4.74 Å². The summed E-state index contributed by atoms with van der Waals surface area (Å²) >= 11 is 0. The molecule has 0 aromatic carbocycles. The first-order chi connectivity index (χ1) is 4.35. The third-order valence-electron chi connectivity index (χ3n) is 1.27. The molecule has 0 aliphatic heterocycles. The SMILES string of the molecule is [C]#CCC(CCC)OC. The highest BCUT2D eigenvalue weighted by Gasteiger charge is 2.01. The van der Waals surface area contributed by atoms with Gasteiger partial charge in [-0.2, -0.15) is 0 Å². The van der Waals surface area contributed by atoms with E-state index >= 15 is 0 Å². The molecule has 1 atom stereocenters. The molecule has 0 aliphatic rings. The predicted octanol–water partition coefficient (Wildman–Crippen LogP) is 1.78. The van der Waals surface area contributed by atoms with E-state index in [1.165, 1.54) is 0 Å². The standard InChI is InChI=1S/C8H13O/c1-4-6-8(9-3)7-5-2/h8H,4,6-7H2,1,3H3. The van der Waals surface area contributed by atoms with Gasteiger partial charge < -0.3 is 4.74 Å². The second-order valence-corrected chi connectivity index (χ2v) is 2.03. The van der Waals surface area contributed by atoms with Crippen LogP contribution in [0.25, 0.3) is 0 Å². The molecule has 1 unspecified atom stereocenters. The Kier molecular flexibility index (Phi) is 5.35. The van der Waals surface area contributed by atoms with E-state index in [-0.39, 0.29) is 6.10 Å². The van der Waals surface area contributed by atoms with Crippen molar-refractivity contribution in [1.29, 1.82) is 0 Å². The molecule has 0 N–H and O–H groups in total. The van der Waals surface area contributed by atoms with E-state index in [1.54, 1.807) is 7.11 Å². The number of hydrogen-bond donors (Lipinski definition) is 0. The summed E-state index contributed by atoms with van der Waals surface area (Å²) in [5.41, 5.74) is 0. The molecular weight excluding hydrogens is 112 g/mol. The summed E-state index contributed by atoms with van der Waals surface area (Å²) in [4.78, 5) is 0. The molecule has 0 saturated carbocycles. The van der Waals surface area contributed by atoms with Crippen LogP contribution in [0.5, 0.6) is 0 Å². The summed E-state index contributed by atoms with van der Waals surface area (Å²) in [5.74, 6) is 2.33. The largest absolute Gasteiger partial charge is 0.380 e. The zero-order valence-electron chi connectivity index (χ0n) is 6.11. The average molecular weight is 125 g/mol. The highest BCUT2D eigenvalue weighted by atomic mass is 16.5. The van der Waals surface area contributed by atoms with Gasteiger partial charge in [-0.3, -0.25) is 0 Å². The molecule has 0 heterocycles. The van der Waals surface area contributed by atoms with Gasteiger partial charge in [0.1, 0.15) is 0 Å². The lowest BCUT2D eigenvalue weighted by atomic mass is 10.1. The lowest BCUT2D eigenvalue weighted by Crippen LogP contribution is -2.08. The number of rotatable bonds is 4. The molecule has 51 valence electrons. The van der Waals surface area contributed by atoms with Crippen molar-refractivity contribution in [1.82, 2.24) is 0 Å². The Balaban J connectivity index is 3.32. The van der Waals surface area contributed by atoms with Crippen LogP contribution in [0.2, 0.25) is 0 Å². The fourth-order valence-electron chi connectivity index (χ4n) is 0.739. The van der Waals surface area contributed by atoms with Gasteiger partial charge in [0.15, 0.2) is 0 Å². The molecular formula is C8H13O. The van der Waals surface area contributed by atoms with E-state index in [2.05, 4.69) is 12.8 Å². The quantitative estimate of drug-likeness (QED) is 0.520. The first-order valence-corrected chi connectivity index (χ1v) is 3.27. The highest BCUT2D eigenvalue weighted by Crippen LogP contribution is 2.03. The second-order valence-electron chi connectivity index (χ2n) is 2.03. The smallest absolute Gasteiger partial charge is 0.0680 e. The normalized spacial score (nSPS) is 12.6. The number of hydrogen-bond acceptors (Lipinski definition) is 1. The van der Waals surface area contributed by atoms with Crippen molar-refractivity contribution in [2.45, 2.75) is 32.3 Å². The van der Waals surface area contributed by atoms with Crippen LogP contribution < -0.4 is 0 Å². The molecule has 0 aromatic rings. The van der Waals surface area contributed by atoms with E-state index in [1.807, 2.05) is 0 Å². The van der Waals surface area contributed by atoms with Crippen LogP contribution in [0.3, 0.4) is 0 Å². The maximum absolute atomic E-state index is 6.68. The summed E-state index contributed by atoms with van der Waals surface area (Å²) in [6.07, 6.45) is 9.67. The van der Waals surface area contributed by atoms with Gasteiger partial charge in [-0.25, -0.2) is 0 Å². The molecule has 0 rings (SSSR count). The summed E-state index contributed by atoms with van der Waals surface area (Å²) < 4.78 is 5.05. The average Bonchev–Trinajstić information content (AvgIpc) is 1.88. The molecule has 0 saturated heterocycles.